The fourth-order valence-corrected chi connectivity index (χ4v) is 5.54. The van der Waals surface area contributed by atoms with Gasteiger partial charge in [-0.25, -0.2) is 17.2 Å². The van der Waals surface area contributed by atoms with Crippen molar-refractivity contribution in [3.63, 3.8) is 0 Å². The van der Waals surface area contributed by atoms with Crippen LogP contribution < -0.4 is 10.0 Å². The van der Waals surface area contributed by atoms with E-state index in [1.54, 1.807) is 30.3 Å². The number of alkyl halides is 2. The van der Waals surface area contributed by atoms with Crippen molar-refractivity contribution in [1.82, 2.24) is 20.0 Å². The second-order valence-corrected chi connectivity index (χ2v) is 11.2. The second-order valence-electron chi connectivity index (χ2n) is 8.46. The van der Waals surface area contributed by atoms with Gasteiger partial charge in [0.2, 0.25) is 15.9 Å². The molecule has 2 amide bonds. The largest absolute Gasteiger partial charge is 0.343 e. The van der Waals surface area contributed by atoms with Gasteiger partial charge in [0.15, 0.2) is 0 Å². The Morgan fingerprint density at radius 2 is 1.94 bits per heavy atom. The smallest absolute Gasteiger partial charge is 0.268 e. The quantitative estimate of drug-likeness (QED) is 0.498. The predicted molar refractivity (Wildman–Crippen MR) is 124 cm³/mol. The number of hydrogen-bond acceptors (Lipinski definition) is 6. The molecule has 1 saturated heterocycles. The van der Waals surface area contributed by atoms with Crippen LogP contribution in [-0.2, 0) is 21.4 Å². The topological polar surface area (TPSA) is 137 Å². The highest BCUT2D eigenvalue weighted by molar-refractivity contribution is 9.10. The number of carbonyl (C=O) groups excluding carboxylic acids is 2. The fourth-order valence-electron chi connectivity index (χ4n) is 3.66. The number of nitriles is 1. The molecule has 0 spiro atoms. The molecule has 2 fully saturated rings. The van der Waals surface area contributed by atoms with Gasteiger partial charge in [-0.15, -0.1) is 0 Å². The van der Waals surface area contributed by atoms with E-state index in [0.717, 1.165) is 10.5 Å². The number of anilines is 1. The molecule has 0 radical (unpaired) electrons. The van der Waals surface area contributed by atoms with Crippen molar-refractivity contribution in [3.05, 3.63) is 46.2 Å². The van der Waals surface area contributed by atoms with Crippen LogP contribution in [0.4, 0.5) is 14.5 Å². The van der Waals surface area contributed by atoms with Gasteiger partial charge in [0.05, 0.1) is 42.7 Å². The summed E-state index contributed by atoms with van der Waals surface area (Å²) in [6.07, 6.45) is 1.90. The van der Waals surface area contributed by atoms with Gasteiger partial charge in [-0.3, -0.25) is 19.0 Å². The zero-order valence-corrected chi connectivity index (χ0v) is 20.7. The molecule has 35 heavy (non-hydrogen) atoms. The molecule has 0 unspecified atom stereocenters. The van der Waals surface area contributed by atoms with Crippen molar-refractivity contribution in [2.45, 2.75) is 43.0 Å². The molecular formula is C21H21BrF2N6O4S. The van der Waals surface area contributed by atoms with Gasteiger partial charge in [0, 0.05) is 12.1 Å². The highest BCUT2D eigenvalue weighted by atomic mass is 79.9. The fraction of sp³-hybridized carbons (Fsp3) is 0.429. The summed E-state index contributed by atoms with van der Waals surface area (Å²) in [5.74, 6) is -4.55. The Hall–Kier alpha value is -3.05. The first-order valence-electron chi connectivity index (χ1n) is 10.7. The van der Waals surface area contributed by atoms with Crippen molar-refractivity contribution < 1.29 is 26.8 Å². The maximum absolute atomic E-state index is 13.5. The van der Waals surface area contributed by atoms with E-state index in [-0.39, 0.29) is 17.4 Å². The first-order valence-corrected chi connectivity index (χ1v) is 13.0. The average molecular weight is 571 g/mol. The van der Waals surface area contributed by atoms with Crippen LogP contribution in [0.25, 0.3) is 0 Å². The van der Waals surface area contributed by atoms with E-state index < -0.39 is 53.3 Å². The average Bonchev–Trinajstić information content (AvgIpc) is 3.54. The van der Waals surface area contributed by atoms with E-state index in [9.17, 15) is 26.8 Å². The van der Waals surface area contributed by atoms with E-state index in [2.05, 4.69) is 31.1 Å². The minimum atomic E-state index is -3.35. The Morgan fingerprint density at radius 3 is 2.57 bits per heavy atom. The molecule has 2 aromatic rings. The molecule has 1 atom stereocenters. The van der Waals surface area contributed by atoms with Gasteiger partial charge in [-0.1, -0.05) is 12.1 Å². The maximum atomic E-state index is 13.5. The van der Waals surface area contributed by atoms with Crippen LogP contribution in [0, 0.1) is 11.3 Å². The summed E-state index contributed by atoms with van der Waals surface area (Å²) in [4.78, 5) is 25.6. The van der Waals surface area contributed by atoms with E-state index in [4.69, 9.17) is 5.26 Å². The van der Waals surface area contributed by atoms with E-state index in [1.807, 2.05) is 0 Å². The zero-order valence-electron chi connectivity index (χ0n) is 18.2. The monoisotopic (exact) mass is 570 g/mol. The van der Waals surface area contributed by atoms with Gasteiger partial charge in [0.25, 0.3) is 11.8 Å². The number of benzene rings is 1. The summed E-state index contributed by atoms with van der Waals surface area (Å²) in [6, 6.07) is 7.19. The Kier molecular flexibility index (Phi) is 6.83. The molecule has 186 valence electrons. The third kappa shape index (κ3) is 5.79. The highest BCUT2D eigenvalue weighted by Crippen LogP contribution is 2.32. The summed E-state index contributed by atoms with van der Waals surface area (Å²) in [5, 5.41) is 15.2. The molecule has 2 heterocycles. The standard InChI is InChI=1S/C21H21BrF2N6O4S/c22-19-17(20(32)26-10-18(31)29-12-21(23,24)7-15(29)8-25)9-27-30(19)11-13-1-3-14(4-2-13)28-35(33,34)16-5-6-16/h1-4,9,15-16,28H,5-7,10-12H2,(H,26,32)/t15-/m0/s1. The number of nitrogens with zero attached hydrogens (tertiary/aromatic N) is 4. The Morgan fingerprint density at radius 1 is 1.26 bits per heavy atom. The molecule has 2 aliphatic rings. The number of halogens is 3. The number of amides is 2. The molecule has 1 aromatic carbocycles. The molecule has 10 nitrogen and oxygen atoms in total. The molecule has 4 rings (SSSR count). The molecule has 0 bridgehead atoms. The van der Waals surface area contributed by atoms with Gasteiger partial charge in [-0.05, 0) is 46.5 Å². The molecule has 1 saturated carbocycles. The SMILES string of the molecule is N#C[C@@H]1CC(F)(F)CN1C(=O)CNC(=O)c1cnn(Cc2ccc(NS(=O)(=O)C3CC3)cc2)c1Br. The van der Waals surface area contributed by atoms with Crippen LogP contribution in [-0.4, -0.2) is 65.2 Å². The summed E-state index contributed by atoms with van der Waals surface area (Å²) in [6.45, 7) is -1.12. The number of hydrogen-bond donors (Lipinski definition) is 2. The van der Waals surface area contributed by atoms with Crippen molar-refractivity contribution >= 4 is 43.5 Å². The van der Waals surface area contributed by atoms with Crippen LogP contribution in [0.2, 0.25) is 0 Å². The van der Waals surface area contributed by atoms with Gasteiger partial charge in [-0.2, -0.15) is 10.4 Å². The van der Waals surface area contributed by atoms with Crippen molar-refractivity contribution in [3.8, 4) is 6.07 Å². The summed E-state index contributed by atoms with van der Waals surface area (Å²) in [5.41, 5.74) is 1.39. The normalized spacial score (nSPS) is 19.3. The number of aromatic nitrogens is 2. The summed E-state index contributed by atoms with van der Waals surface area (Å²) >= 11 is 3.31. The van der Waals surface area contributed by atoms with Gasteiger partial charge >= 0.3 is 0 Å². The minimum Gasteiger partial charge on any atom is -0.343 e. The van der Waals surface area contributed by atoms with Crippen LogP contribution in [0.15, 0.2) is 35.1 Å². The predicted octanol–water partition coefficient (Wildman–Crippen LogP) is 2.09. The van der Waals surface area contributed by atoms with Crippen molar-refractivity contribution in [1.29, 1.82) is 5.26 Å². The lowest BCUT2D eigenvalue weighted by atomic mass is 10.2. The Labute approximate surface area is 208 Å². The lowest BCUT2D eigenvalue weighted by molar-refractivity contribution is -0.131. The molecule has 14 heteroatoms. The van der Waals surface area contributed by atoms with E-state index in [1.165, 1.54) is 10.9 Å². The first kappa shape index (κ1) is 25.1. The van der Waals surface area contributed by atoms with Crippen LogP contribution >= 0.6 is 15.9 Å². The number of carbonyl (C=O) groups is 2. The first-order chi connectivity index (χ1) is 16.5. The van der Waals surface area contributed by atoms with Crippen molar-refractivity contribution in [2.75, 3.05) is 17.8 Å². The minimum absolute atomic E-state index is 0.134. The second kappa shape index (κ2) is 9.54. The number of likely N-dealkylation sites (tertiary alicyclic amines) is 1. The molecule has 1 aliphatic carbocycles. The lowest BCUT2D eigenvalue weighted by Crippen LogP contribution is -2.43. The maximum Gasteiger partial charge on any atom is 0.268 e. The summed E-state index contributed by atoms with van der Waals surface area (Å²) in [7, 11) is -3.35. The van der Waals surface area contributed by atoms with Crippen LogP contribution in [0.1, 0.15) is 35.2 Å². The Balaban J connectivity index is 1.34. The highest BCUT2D eigenvalue weighted by Gasteiger charge is 2.47. The van der Waals surface area contributed by atoms with Gasteiger partial charge in [0.1, 0.15) is 10.6 Å². The number of sulfonamides is 1. The number of nitrogens with one attached hydrogen (secondary N) is 2. The third-order valence-corrected chi connectivity index (χ3v) is 8.37. The lowest BCUT2D eigenvalue weighted by Gasteiger charge is -2.19. The van der Waals surface area contributed by atoms with E-state index >= 15 is 0 Å². The van der Waals surface area contributed by atoms with Gasteiger partial charge < -0.3 is 10.2 Å². The third-order valence-electron chi connectivity index (χ3n) is 5.67. The summed E-state index contributed by atoms with van der Waals surface area (Å²) < 4.78 is 55.5. The molecular weight excluding hydrogens is 550 g/mol. The van der Waals surface area contributed by atoms with Crippen molar-refractivity contribution in [2.24, 2.45) is 0 Å². The molecule has 1 aromatic heterocycles. The zero-order chi connectivity index (χ0) is 25.4. The van der Waals surface area contributed by atoms with Crippen LogP contribution in [0.3, 0.4) is 0 Å². The number of rotatable bonds is 8. The Bertz CT molecular complexity index is 1290. The van der Waals surface area contributed by atoms with Crippen LogP contribution in [0.5, 0.6) is 0 Å². The molecule has 2 N–H and O–H groups in total. The van der Waals surface area contributed by atoms with E-state index in [0.29, 0.717) is 23.1 Å². The molecule has 1 aliphatic heterocycles.